The molecule has 0 aromatic carbocycles. The van der Waals surface area contributed by atoms with Crippen molar-refractivity contribution in [3.63, 3.8) is 0 Å². The fourth-order valence-corrected chi connectivity index (χ4v) is 1.01. The molecule has 0 spiro atoms. The van der Waals surface area contributed by atoms with E-state index >= 15 is 0 Å². The highest BCUT2D eigenvalue weighted by Crippen LogP contribution is 2.15. The molecule has 15 heavy (non-hydrogen) atoms. The van der Waals surface area contributed by atoms with Crippen LogP contribution in [0.5, 0.6) is 0 Å². The first-order valence-corrected chi connectivity index (χ1v) is 4.79. The van der Waals surface area contributed by atoms with Crippen LogP contribution in [-0.4, -0.2) is 17.0 Å². The maximum Gasteiger partial charge on any atom is 0.239 e. The highest BCUT2D eigenvalue weighted by Gasteiger charge is 2.17. The Hall–Kier alpha value is -1.42. The van der Waals surface area contributed by atoms with E-state index in [2.05, 4.69) is 4.98 Å². The summed E-state index contributed by atoms with van der Waals surface area (Å²) in [6.45, 7) is 7.56. The Morgan fingerprint density at radius 3 is 2.47 bits per heavy atom. The van der Waals surface area contributed by atoms with Gasteiger partial charge in [-0.25, -0.2) is 4.98 Å². The van der Waals surface area contributed by atoms with Gasteiger partial charge in [0.1, 0.15) is 0 Å². The molecule has 1 amide bonds. The summed E-state index contributed by atoms with van der Waals surface area (Å²) < 4.78 is 0. The van der Waals surface area contributed by atoms with Gasteiger partial charge < -0.3 is 0 Å². The van der Waals surface area contributed by atoms with Crippen molar-refractivity contribution in [2.24, 2.45) is 0 Å². The van der Waals surface area contributed by atoms with Gasteiger partial charge in [0, 0.05) is 6.20 Å². The lowest BCUT2D eigenvalue weighted by molar-refractivity contribution is -0.120. The van der Waals surface area contributed by atoms with Gasteiger partial charge in [0.2, 0.25) is 6.41 Å². The Bertz CT molecular complexity index is 327. The van der Waals surface area contributed by atoms with Gasteiger partial charge in [-0.1, -0.05) is 6.07 Å². The smallest absolute Gasteiger partial charge is 0.239 e. The average molecular weight is 208 g/mol. The molecule has 0 atom stereocenters. The first kappa shape index (κ1) is 11.7. The van der Waals surface area contributed by atoms with Crippen LogP contribution < -0.4 is 5.06 Å². The van der Waals surface area contributed by atoms with E-state index in [0.717, 1.165) is 10.6 Å². The Morgan fingerprint density at radius 2 is 2.07 bits per heavy atom. The summed E-state index contributed by atoms with van der Waals surface area (Å²) in [5.41, 5.74) is 0.619. The number of nitrogens with zero attached hydrogens (tertiary/aromatic N) is 2. The van der Waals surface area contributed by atoms with Crippen molar-refractivity contribution in [2.45, 2.75) is 33.3 Å². The van der Waals surface area contributed by atoms with Crippen LogP contribution >= 0.6 is 0 Å². The van der Waals surface area contributed by atoms with Gasteiger partial charge >= 0.3 is 0 Å². The predicted octanol–water partition coefficient (Wildman–Crippen LogP) is 2.08. The summed E-state index contributed by atoms with van der Waals surface area (Å²) in [7, 11) is 0. The fraction of sp³-hybridized carbons (Fsp3) is 0.455. The van der Waals surface area contributed by atoms with Gasteiger partial charge in [0.05, 0.1) is 5.60 Å². The zero-order valence-corrected chi connectivity index (χ0v) is 9.52. The fourth-order valence-electron chi connectivity index (χ4n) is 1.01. The van der Waals surface area contributed by atoms with Crippen LogP contribution in [0.25, 0.3) is 0 Å². The highest BCUT2D eigenvalue weighted by atomic mass is 16.7. The summed E-state index contributed by atoms with van der Waals surface area (Å²) in [4.78, 5) is 20.3. The van der Waals surface area contributed by atoms with Crippen molar-refractivity contribution >= 4 is 12.2 Å². The van der Waals surface area contributed by atoms with Crippen LogP contribution in [0.2, 0.25) is 0 Å². The summed E-state index contributed by atoms with van der Waals surface area (Å²) in [6.07, 6.45) is 2.31. The predicted molar refractivity (Wildman–Crippen MR) is 58.4 cm³/mol. The number of hydroxylamine groups is 1. The second-order valence-corrected chi connectivity index (χ2v) is 4.33. The molecule has 0 fully saturated rings. The van der Waals surface area contributed by atoms with Crippen LogP contribution in [0.1, 0.15) is 26.3 Å². The molecule has 0 aliphatic carbocycles. The molecule has 1 aromatic rings. The van der Waals surface area contributed by atoms with E-state index in [1.54, 1.807) is 12.3 Å². The number of amides is 1. The third-order valence-corrected chi connectivity index (χ3v) is 1.59. The van der Waals surface area contributed by atoms with Gasteiger partial charge in [0.25, 0.3) is 0 Å². The minimum absolute atomic E-state index is 0.423. The third kappa shape index (κ3) is 3.67. The van der Waals surface area contributed by atoms with E-state index in [4.69, 9.17) is 4.84 Å². The van der Waals surface area contributed by atoms with E-state index in [-0.39, 0.29) is 0 Å². The van der Waals surface area contributed by atoms with Crippen molar-refractivity contribution in [2.75, 3.05) is 5.06 Å². The first-order chi connectivity index (χ1) is 6.92. The largest absolute Gasteiger partial charge is 0.276 e. The van der Waals surface area contributed by atoms with Crippen molar-refractivity contribution in [3.05, 3.63) is 23.9 Å². The lowest BCUT2D eigenvalue weighted by Crippen LogP contribution is -2.33. The lowest BCUT2D eigenvalue weighted by atomic mass is 10.2. The third-order valence-electron chi connectivity index (χ3n) is 1.59. The summed E-state index contributed by atoms with van der Waals surface area (Å²) in [5, 5.41) is 1.14. The number of carbonyl (C=O) groups excluding carboxylic acids is 1. The normalized spacial score (nSPS) is 11.2. The molecular weight excluding hydrogens is 192 g/mol. The van der Waals surface area contributed by atoms with E-state index in [0.29, 0.717) is 12.2 Å². The van der Waals surface area contributed by atoms with Crippen molar-refractivity contribution in [1.29, 1.82) is 0 Å². The molecule has 82 valence electrons. The molecule has 4 heteroatoms. The number of aryl methyl sites for hydroxylation is 1. The summed E-state index contributed by atoms with van der Waals surface area (Å²) in [5.74, 6) is 0.491. The highest BCUT2D eigenvalue weighted by molar-refractivity contribution is 5.69. The Morgan fingerprint density at radius 1 is 1.40 bits per heavy atom. The first-order valence-electron chi connectivity index (χ1n) is 4.79. The number of aromatic nitrogens is 1. The topological polar surface area (TPSA) is 42.4 Å². The van der Waals surface area contributed by atoms with Gasteiger partial charge in [-0.2, -0.15) is 5.06 Å². The van der Waals surface area contributed by atoms with Crippen LogP contribution in [0, 0.1) is 6.92 Å². The van der Waals surface area contributed by atoms with Crippen molar-refractivity contribution < 1.29 is 9.63 Å². The lowest BCUT2D eigenvalue weighted by Gasteiger charge is -2.25. The Kier molecular flexibility index (Phi) is 3.42. The maximum atomic E-state index is 10.8. The van der Waals surface area contributed by atoms with Crippen LogP contribution in [0.3, 0.4) is 0 Å². The Balaban J connectivity index is 2.83. The average Bonchev–Trinajstić information content (AvgIpc) is 2.14. The van der Waals surface area contributed by atoms with E-state index in [9.17, 15) is 4.79 Å². The molecule has 1 rings (SSSR count). The molecule has 1 aromatic heterocycles. The molecule has 0 aliphatic rings. The quantitative estimate of drug-likeness (QED) is 0.564. The molecule has 0 radical (unpaired) electrons. The van der Waals surface area contributed by atoms with Crippen molar-refractivity contribution in [1.82, 2.24) is 4.98 Å². The second kappa shape index (κ2) is 4.40. The molecule has 0 aliphatic heterocycles. The molecule has 0 bridgehead atoms. The minimum atomic E-state index is -0.423. The molecule has 0 saturated carbocycles. The maximum absolute atomic E-state index is 10.8. The Labute approximate surface area is 89.8 Å². The SMILES string of the molecule is Cc1ccc(N(C=O)OC(C)(C)C)nc1. The number of carbonyl (C=O) groups is 1. The van der Waals surface area contributed by atoms with Crippen LogP contribution in [0.15, 0.2) is 18.3 Å². The van der Waals surface area contributed by atoms with E-state index < -0.39 is 5.60 Å². The summed E-state index contributed by atoms with van der Waals surface area (Å²) in [6, 6.07) is 3.63. The molecule has 1 heterocycles. The molecule has 0 N–H and O–H groups in total. The number of hydrogen-bond donors (Lipinski definition) is 0. The van der Waals surface area contributed by atoms with Gasteiger partial charge in [-0.15, -0.1) is 0 Å². The van der Waals surface area contributed by atoms with E-state index in [1.807, 2.05) is 33.8 Å². The van der Waals surface area contributed by atoms with Gasteiger partial charge in [-0.3, -0.25) is 9.63 Å². The van der Waals surface area contributed by atoms with Crippen LogP contribution in [-0.2, 0) is 9.63 Å². The zero-order chi connectivity index (χ0) is 11.5. The number of pyridine rings is 1. The molecule has 0 saturated heterocycles. The van der Waals surface area contributed by atoms with E-state index in [1.165, 1.54) is 0 Å². The number of rotatable bonds is 3. The van der Waals surface area contributed by atoms with Gasteiger partial charge in [-0.05, 0) is 39.3 Å². The number of hydrogen-bond acceptors (Lipinski definition) is 3. The molecular formula is C11H16N2O2. The minimum Gasteiger partial charge on any atom is -0.276 e. The molecule has 0 unspecified atom stereocenters. The second-order valence-electron chi connectivity index (χ2n) is 4.33. The zero-order valence-electron chi connectivity index (χ0n) is 9.52. The molecule has 4 nitrogen and oxygen atoms in total. The standard InChI is InChI=1S/C11H16N2O2/c1-9-5-6-10(12-7-9)13(8-14)15-11(2,3)4/h5-8H,1-4H3. The van der Waals surface area contributed by atoms with Crippen molar-refractivity contribution in [3.8, 4) is 0 Å². The monoisotopic (exact) mass is 208 g/mol. The summed E-state index contributed by atoms with van der Waals surface area (Å²) >= 11 is 0. The van der Waals surface area contributed by atoms with Crippen LogP contribution in [0.4, 0.5) is 5.82 Å². The van der Waals surface area contributed by atoms with Gasteiger partial charge in [0.15, 0.2) is 5.82 Å². The number of anilines is 1.